The first kappa shape index (κ1) is 13.5. The fraction of sp³-hybridized carbons (Fsp3) is 0.333. The van der Waals surface area contributed by atoms with E-state index in [0.717, 1.165) is 22.5 Å². The number of aryl methyl sites for hydroxylation is 1. The largest absolute Gasteiger partial charge is 0.351 e. The summed E-state index contributed by atoms with van der Waals surface area (Å²) < 4.78 is 2.04. The predicted octanol–water partition coefficient (Wildman–Crippen LogP) is 2.01. The van der Waals surface area contributed by atoms with Gasteiger partial charge in [0.25, 0.3) is 0 Å². The normalized spacial score (nSPS) is 10.7. The molecule has 19 heavy (non-hydrogen) atoms. The predicted molar refractivity (Wildman–Crippen MR) is 75.2 cm³/mol. The Morgan fingerprint density at radius 2 is 2.00 bits per heavy atom. The standard InChI is InChI=1S/C15H19N3O/c1-11-8-14(12(2)18(11)3)15(19)10-17-9-13-4-6-16-7-5-13/h4-8,17H,9-10H2,1-3H3. The number of Topliss-reactive ketones (excluding diaryl/α,β-unsaturated/α-hetero) is 1. The van der Waals surface area contributed by atoms with Crippen LogP contribution in [-0.4, -0.2) is 21.9 Å². The molecule has 0 radical (unpaired) electrons. The molecule has 100 valence electrons. The Bertz CT molecular complexity index is 573. The molecule has 0 saturated carbocycles. The van der Waals surface area contributed by atoms with Gasteiger partial charge in [0.2, 0.25) is 0 Å². The van der Waals surface area contributed by atoms with Crippen molar-refractivity contribution in [3.8, 4) is 0 Å². The summed E-state index contributed by atoms with van der Waals surface area (Å²) in [5, 5.41) is 3.17. The maximum absolute atomic E-state index is 12.1. The highest BCUT2D eigenvalue weighted by atomic mass is 16.1. The van der Waals surface area contributed by atoms with E-state index < -0.39 is 0 Å². The van der Waals surface area contributed by atoms with Crippen molar-refractivity contribution < 1.29 is 4.79 Å². The van der Waals surface area contributed by atoms with Gasteiger partial charge in [0.1, 0.15) is 0 Å². The zero-order valence-corrected chi connectivity index (χ0v) is 11.6. The molecule has 0 bridgehead atoms. The summed E-state index contributed by atoms with van der Waals surface area (Å²) >= 11 is 0. The topological polar surface area (TPSA) is 46.9 Å². The number of aromatic nitrogens is 2. The number of ketones is 1. The molecule has 2 heterocycles. The van der Waals surface area contributed by atoms with E-state index in [1.54, 1.807) is 12.4 Å². The number of hydrogen-bond donors (Lipinski definition) is 1. The van der Waals surface area contributed by atoms with Gasteiger partial charge in [-0.25, -0.2) is 0 Å². The molecule has 0 aliphatic carbocycles. The van der Waals surface area contributed by atoms with Crippen LogP contribution in [0.25, 0.3) is 0 Å². The summed E-state index contributed by atoms with van der Waals surface area (Å²) in [6.07, 6.45) is 3.51. The highest BCUT2D eigenvalue weighted by Gasteiger charge is 2.13. The molecular formula is C15H19N3O. The van der Waals surface area contributed by atoms with E-state index in [4.69, 9.17) is 0 Å². The van der Waals surface area contributed by atoms with E-state index in [-0.39, 0.29) is 5.78 Å². The Kier molecular flexibility index (Phi) is 4.12. The first-order valence-corrected chi connectivity index (χ1v) is 6.35. The molecule has 1 N–H and O–H groups in total. The molecule has 0 unspecified atom stereocenters. The number of nitrogens with one attached hydrogen (secondary N) is 1. The minimum Gasteiger partial charge on any atom is -0.351 e. The first-order valence-electron chi connectivity index (χ1n) is 6.35. The Morgan fingerprint density at radius 3 is 2.58 bits per heavy atom. The van der Waals surface area contributed by atoms with Gasteiger partial charge < -0.3 is 9.88 Å². The number of rotatable bonds is 5. The van der Waals surface area contributed by atoms with Crippen LogP contribution in [-0.2, 0) is 13.6 Å². The first-order chi connectivity index (χ1) is 9.09. The van der Waals surface area contributed by atoms with E-state index in [2.05, 4.69) is 10.3 Å². The third kappa shape index (κ3) is 3.09. The van der Waals surface area contributed by atoms with E-state index in [1.807, 2.05) is 43.7 Å². The number of nitrogens with zero attached hydrogens (tertiary/aromatic N) is 2. The Labute approximate surface area is 113 Å². The zero-order valence-electron chi connectivity index (χ0n) is 11.6. The molecule has 0 atom stereocenters. The van der Waals surface area contributed by atoms with Crippen molar-refractivity contribution in [2.75, 3.05) is 6.54 Å². The maximum Gasteiger partial charge on any atom is 0.178 e. The van der Waals surface area contributed by atoms with E-state index >= 15 is 0 Å². The van der Waals surface area contributed by atoms with E-state index in [9.17, 15) is 4.79 Å². The van der Waals surface area contributed by atoms with Gasteiger partial charge in [0.15, 0.2) is 5.78 Å². The molecule has 0 fully saturated rings. The Morgan fingerprint density at radius 1 is 1.32 bits per heavy atom. The molecule has 0 amide bonds. The van der Waals surface area contributed by atoms with Crippen LogP contribution < -0.4 is 5.32 Å². The molecule has 0 aliphatic heterocycles. The number of hydrogen-bond acceptors (Lipinski definition) is 3. The summed E-state index contributed by atoms with van der Waals surface area (Å²) in [5.41, 5.74) is 4.06. The van der Waals surface area contributed by atoms with Gasteiger partial charge in [-0.1, -0.05) is 0 Å². The molecule has 0 spiro atoms. The molecule has 0 saturated heterocycles. The number of carbonyl (C=O) groups excluding carboxylic acids is 1. The van der Waals surface area contributed by atoms with Crippen molar-refractivity contribution in [1.29, 1.82) is 0 Å². The smallest absolute Gasteiger partial charge is 0.178 e. The summed E-state index contributed by atoms with van der Waals surface area (Å²) in [5.74, 6) is 0.134. The van der Waals surface area contributed by atoms with Crippen LogP contribution in [0.1, 0.15) is 27.3 Å². The quantitative estimate of drug-likeness (QED) is 0.833. The SMILES string of the molecule is Cc1cc(C(=O)CNCc2ccncc2)c(C)n1C. The third-order valence-electron chi connectivity index (χ3n) is 3.44. The highest BCUT2D eigenvalue weighted by molar-refractivity contribution is 5.99. The van der Waals surface area contributed by atoms with Crippen LogP contribution in [0.5, 0.6) is 0 Å². The number of pyridine rings is 1. The minimum atomic E-state index is 0.134. The molecule has 2 rings (SSSR count). The lowest BCUT2D eigenvalue weighted by Crippen LogP contribution is -2.23. The highest BCUT2D eigenvalue weighted by Crippen LogP contribution is 2.13. The van der Waals surface area contributed by atoms with Gasteiger partial charge in [-0.2, -0.15) is 0 Å². The number of carbonyl (C=O) groups is 1. The van der Waals surface area contributed by atoms with Crippen LogP contribution in [0.2, 0.25) is 0 Å². The van der Waals surface area contributed by atoms with Crippen LogP contribution in [0.4, 0.5) is 0 Å². The lowest BCUT2D eigenvalue weighted by Gasteiger charge is -2.05. The van der Waals surface area contributed by atoms with Gasteiger partial charge in [0.05, 0.1) is 6.54 Å². The van der Waals surface area contributed by atoms with Gasteiger partial charge in [-0.15, -0.1) is 0 Å². The lowest BCUT2D eigenvalue weighted by molar-refractivity contribution is 0.0990. The van der Waals surface area contributed by atoms with Gasteiger partial charge in [-0.3, -0.25) is 9.78 Å². The van der Waals surface area contributed by atoms with E-state index in [1.165, 1.54) is 0 Å². The van der Waals surface area contributed by atoms with Crippen molar-refractivity contribution >= 4 is 5.78 Å². The fourth-order valence-corrected chi connectivity index (χ4v) is 2.05. The van der Waals surface area contributed by atoms with Crippen molar-refractivity contribution in [2.24, 2.45) is 7.05 Å². The van der Waals surface area contributed by atoms with Crippen LogP contribution >= 0.6 is 0 Å². The van der Waals surface area contributed by atoms with Gasteiger partial charge in [-0.05, 0) is 37.6 Å². The summed E-state index contributed by atoms with van der Waals surface area (Å²) in [7, 11) is 1.98. The van der Waals surface area contributed by atoms with Crippen molar-refractivity contribution in [2.45, 2.75) is 20.4 Å². The van der Waals surface area contributed by atoms with Crippen molar-refractivity contribution in [3.63, 3.8) is 0 Å². The molecule has 0 aromatic carbocycles. The molecule has 4 nitrogen and oxygen atoms in total. The molecular weight excluding hydrogens is 238 g/mol. The average Bonchev–Trinajstić information content (AvgIpc) is 2.68. The minimum absolute atomic E-state index is 0.134. The Balaban J connectivity index is 1.93. The zero-order chi connectivity index (χ0) is 13.8. The van der Waals surface area contributed by atoms with Crippen LogP contribution in [0.3, 0.4) is 0 Å². The second-order valence-electron chi connectivity index (χ2n) is 4.73. The maximum atomic E-state index is 12.1. The summed E-state index contributed by atoms with van der Waals surface area (Å²) in [6.45, 7) is 5.02. The van der Waals surface area contributed by atoms with Crippen LogP contribution in [0, 0.1) is 13.8 Å². The van der Waals surface area contributed by atoms with Crippen molar-refractivity contribution in [3.05, 3.63) is 53.1 Å². The fourth-order valence-electron chi connectivity index (χ4n) is 2.05. The Hall–Kier alpha value is -1.94. The average molecular weight is 257 g/mol. The van der Waals surface area contributed by atoms with E-state index in [0.29, 0.717) is 13.1 Å². The molecule has 2 aromatic heterocycles. The summed E-state index contributed by atoms with van der Waals surface area (Å²) in [4.78, 5) is 16.1. The lowest BCUT2D eigenvalue weighted by atomic mass is 10.1. The summed E-state index contributed by atoms with van der Waals surface area (Å²) in [6, 6.07) is 5.83. The third-order valence-corrected chi connectivity index (χ3v) is 3.44. The van der Waals surface area contributed by atoms with Gasteiger partial charge >= 0.3 is 0 Å². The van der Waals surface area contributed by atoms with Crippen LogP contribution in [0.15, 0.2) is 30.6 Å². The molecule has 4 heteroatoms. The van der Waals surface area contributed by atoms with Gasteiger partial charge in [0, 0.05) is 42.9 Å². The second kappa shape index (κ2) is 5.80. The van der Waals surface area contributed by atoms with Crippen molar-refractivity contribution in [1.82, 2.24) is 14.9 Å². The molecule has 0 aliphatic rings. The monoisotopic (exact) mass is 257 g/mol. The second-order valence-corrected chi connectivity index (χ2v) is 4.73. The molecule has 2 aromatic rings.